The van der Waals surface area contributed by atoms with Crippen LogP contribution in [0, 0.1) is 11.8 Å². The predicted molar refractivity (Wildman–Crippen MR) is 28.8 cm³/mol. The second kappa shape index (κ2) is 1.73. The summed E-state index contributed by atoms with van der Waals surface area (Å²) >= 11 is 0. The van der Waals surface area contributed by atoms with E-state index >= 15 is 0 Å². The van der Waals surface area contributed by atoms with E-state index in [2.05, 4.69) is 15.4 Å². The van der Waals surface area contributed by atoms with Crippen LogP contribution in [0.25, 0.3) is 0 Å². The van der Waals surface area contributed by atoms with Gasteiger partial charge in [0.05, 0.1) is 6.20 Å². The lowest BCUT2D eigenvalue weighted by atomic mass is 10.4. The molecule has 0 aromatic carbocycles. The molecule has 0 amide bonds. The molecule has 0 saturated heterocycles. The number of nitrogens with one attached hydrogen (secondary N) is 1. The lowest BCUT2D eigenvalue weighted by Crippen LogP contribution is -1.62. The van der Waals surface area contributed by atoms with Gasteiger partial charge in [-0.2, -0.15) is 5.10 Å². The lowest BCUT2D eigenvalue weighted by Gasteiger charge is -1.76. The molecule has 0 spiro atoms. The van der Waals surface area contributed by atoms with Crippen molar-refractivity contribution in [1.82, 2.24) is 10.2 Å². The summed E-state index contributed by atoms with van der Waals surface area (Å²) in [7, 11) is 0. The van der Waals surface area contributed by atoms with Crippen molar-refractivity contribution in [2.24, 2.45) is 5.18 Å². The van der Waals surface area contributed by atoms with Crippen molar-refractivity contribution >= 4 is 5.82 Å². The van der Waals surface area contributed by atoms with Crippen LogP contribution in [0.2, 0.25) is 0 Å². The number of hydrogen-bond donors (Lipinski definition) is 1. The zero-order valence-electron chi connectivity index (χ0n) is 4.38. The third-order valence-electron chi connectivity index (χ3n) is 0.893. The van der Waals surface area contributed by atoms with Crippen molar-refractivity contribution in [2.75, 3.05) is 0 Å². The zero-order valence-corrected chi connectivity index (χ0v) is 4.38. The molecule has 0 aliphatic rings. The molecule has 1 heterocycles. The first-order valence-corrected chi connectivity index (χ1v) is 2.18. The maximum absolute atomic E-state index is 9.77. The van der Waals surface area contributed by atoms with E-state index in [-0.39, 0.29) is 0 Å². The number of aromatic amines is 1. The van der Waals surface area contributed by atoms with Gasteiger partial charge < -0.3 is 0 Å². The minimum Gasteiger partial charge on any atom is -0.258 e. The molecular formula is C4H5N3O. The summed E-state index contributed by atoms with van der Waals surface area (Å²) in [5.74, 6) is 0.310. The summed E-state index contributed by atoms with van der Waals surface area (Å²) in [5, 5.41) is 8.66. The number of nitroso groups, excluding NO2 is 1. The van der Waals surface area contributed by atoms with Crippen LogP contribution in [0.15, 0.2) is 11.4 Å². The van der Waals surface area contributed by atoms with Crippen molar-refractivity contribution in [3.63, 3.8) is 0 Å². The minimum absolute atomic E-state index is 0.310. The number of aryl methyl sites for hydroxylation is 1. The van der Waals surface area contributed by atoms with Gasteiger partial charge in [-0.05, 0) is 12.1 Å². The van der Waals surface area contributed by atoms with Crippen LogP contribution in [-0.2, 0) is 0 Å². The first-order chi connectivity index (χ1) is 3.84. The molecule has 8 heavy (non-hydrogen) atoms. The molecule has 1 aromatic rings. The molecule has 4 nitrogen and oxygen atoms in total. The van der Waals surface area contributed by atoms with Crippen molar-refractivity contribution in [1.29, 1.82) is 0 Å². The van der Waals surface area contributed by atoms with Gasteiger partial charge in [-0.3, -0.25) is 5.10 Å². The average Bonchev–Trinajstić information content (AvgIpc) is 2.14. The van der Waals surface area contributed by atoms with Gasteiger partial charge in [0.25, 0.3) is 0 Å². The summed E-state index contributed by atoms with van der Waals surface area (Å²) in [4.78, 5) is 9.77. The van der Waals surface area contributed by atoms with Gasteiger partial charge in [-0.15, -0.1) is 4.91 Å². The number of H-pyrrole nitrogens is 1. The van der Waals surface area contributed by atoms with Crippen LogP contribution in [0.1, 0.15) is 5.56 Å². The average molecular weight is 111 g/mol. The van der Waals surface area contributed by atoms with E-state index in [4.69, 9.17) is 0 Å². The standard InChI is InChI=1S/C4H5N3O/c1-3-2-5-6-4(3)7-8/h2H,1H3,(H,5,6). The van der Waals surface area contributed by atoms with Crippen molar-refractivity contribution in [2.45, 2.75) is 6.92 Å². The highest BCUT2D eigenvalue weighted by Crippen LogP contribution is 2.10. The molecule has 0 saturated carbocycles. The van der Waals surface area contributed by atoms with Crippen LogP contribution in [0.4, 0.5) is 5.82 Å². The van der Waals surface area contributed by atoms with Gasteiger partial charge >= 0.3 is 0 Å². The van der Waals surface area contributed by atoms with Gasteiger partial charge in [0, 0.05) is 5.56 Å². The van der Waals surface area contributed by atoms with E-state index < -0.39 is 0 Å². The second-order valence-electron chi connectivity index (χ2n) is 1.49. The first kappa shape index (κ1) is 4.96. The Hall–Kier alpha value is -1.19. The maximum Gasteiger partial charge on any atom is 0.195 e. The summed E-state index contributed by atoms with van der Waals surface area (Å²) < 4.78 is 0. The highest BCUT2D eigenvalue weighted by atomic mass is 16.3. The van der Waals surface area contributed by atoms with Crippen LogP contribution < -0.4 is 0 Å². The van der Waals surface area contributed by atoms with Crippen LogP contribution in [0.3, 0.4) is 0 Å². The molecule has 0 unspecified atom stereocenters. The van der Waals surface area contributed by atoms with Gasteiger partial charge in [0.2, 0.25) is 0 Å². The molecule has 1 aromatic heterocycles. The Labute approximate surface area is 45.9 Å². The molecule has 0 radical (unpaired) electrons. The van der Waals surface area contributed by atoms with Gasteiger partial charge in [0.1, 0.15) is 0 Å². The summed E-state index contributed by atoms with van der Waals surface area (Å²) in [6.07, 6.45) is 1.55. The molecule has 0 bridgehead atoms. The number of aromatic nitrogens is 2. The van der Waals surface area contributed by atoms with Crippen LogP contribution in [-0.4, -0.2) is 10.2 Å². The number of hydrogen-bond acceptors (Lipinski definition) is 3. The SMILES string of the molecule is Cc1cn[nH]c1N=O. The normalized spacial score (nSPS) is 9.12. The zero-order chi connectivity index (χ0) is 5.98. The molecule has 0 atom stereocenters. The molecule has 42 valence electrons. The quantitative estimate of drug-likeness (QED) is 0.552. The Bertz CT molecular complexity index is 193. The van der Waals surface area contributed by atoms with Crippen molar-refractivity contribution < 1.29 is 0 Å². The van der Waals surface area contributed by atoms with Gasteiger partial charge in [-0.25, -0.2) is 0 Å². The summed E-state index contributed by atoms with van der Waals surface area (Å²) in [6.45, 7) is 1.76. The predicted octanol–water partition coefficient (Wildman–Crippen LogP) is 1.12. The Morgan fingerprint density at radius 1 is 1.88 bits per heavy atom. The lowest BCUT2D eigenvalue weighted by molar-refractivity contribution is 1.08. The van der Waals surface area contributed by atoms with Gasteiger partial charge in [-0.1, -0.05) is 0 Å². The van der Waals surface area contributed by atoms with E-state index in [1.165, 1.54) is 0 Å². The fourth-order valence-electron chi connectivity index (χ4n) is 0.432. The van der Waals surface area contributed by atoms with E-state index in [1.807, 2.05) is 0 Å². The van der Waals surface area contributed by atoms with Gasteiger partial charge in [0.15, 0.2) is 5.82 Å². The Morgan fingerprint density at radius 2 is 2.62 bits per heavy atom. The molecule has 0 aliphatic heterocycles. The Kier molecular flexibility index (Phi) is 1.07. The highest BCUT2D eigenvalue weighted by Gasteiger charge is 1.95. The summed E-state index contributed by atoms with van der Waals surface area (Å²) in [6, 6.07) is 0. The number of rotatable bonds is 1. The maximum atomic E-state index is 9.77. The first-order valence-electron chi connectivity index (χ1n) is 2.18. The largest absolute Gasteiger partial charge is 0.258 e. The highest BCUT2D eigenvalue weighted by molar-refractivity contribution is 5.33. The van der Waals surface area contributed by atoms with E-state index in [0.717, 1.165) is 5.56 Å². The Morgan fingerprint density at radius 3 is 2.88 bits per heavy atom. The minimum atomic E-state index is 0.310. The van der Waals surface area contributed by atoms with Crippen LogP contribution >= 0.6 is 0 Å². The summed E-state index contributed by atoms with van der Waals surface area (Å²) in [5.41, 5.74) is 0.778. The molecular weight excluding hydrogens is 106 g/mol. The fourth-order valence-corrected chi connectivity index (χ4v) is 0.432. The Balaban J connectivity index is 3.09. The monoisotopic (exact) mass is 111 g/mol. The van der Waals surface area contributed by atoms with E-state index in [1.54, 1.807) is 13.1 Å². The molecule has 1 rings (SSSR count). The number of nitrogens with zero attached hydrogens (tertiary/aromatic N) is 2. The van der Waals surface area contributed by atoms with E-state index in [0.29, 0.717) is 5.82 Å². The molecule has 1 N–H and O–H groups in total. The topological polar surface area (TPSA) is 58.1 Å². The van der Waals surface area contributed by atoms with Crippen LogP contribution in [0.5, 0.6) is 0 Å². The molecule has 4 heteroatoms. The smallest absolute Gasteiger partial charge is 0.195 e. The van der Waals surface area contributed by atoms with Crippen molar-refractivity contribution in [3.8, 4) is 0 Å². The molecule has 0 aliphatic carbocycles. The third kappa shape index (κ3) is 0.598. The fraction of sp³-hybridized carbons (Fsp3) is 0.250. The van der Waals surface area contributed by atoms with Crippen molar-refractivity contribution in [3.05, 3.63) is 16.7 Å². The second-order valence-corrected chi connectivity index (χ2v) is 1.49. The molecule has 0 fully saturated rings. The van der Waals surface area contributed by atoms with E-state index in [9.17, 15) is 4.91 Å². The third-order valence-corrected chi connectivity index (χ3v) is 0.893.